The second-order valence-corrected chi connectivity index (χ2v) is 7.04. The summed E-state index contributed by atoms with van der Waals surface area (Å²) in [7, 11) is 1.50. The van der Waals surface area contributed by atoms with Crippen LogP contribution in [0.25, 0.3) is 0 Å². The molecule has 0 saturated carbocycles. The molecule has 148 valence electrons. The van der Waals surface area contributed by atoms with E-state index in [1.165, 1.54) is 12.7 Å². The third-order valence-corrected chi connectivity index (χ3v) is 4.97. The molecule has 0 atom stereocenters. The second kappa shape index (κ2) is 9.57. The van der Waals surface area contributed by atoms with E-state index in [1.54, 1.807) is 18.2 Å². The number of methoxy groups -OCH3 is 1. The van der Waals surface area contributed by atoms with Crippen LogP contribution in [0.5, 0.6) is 11.5 Å². The minimum absolute atomic E-state index is 0.0615. The van der Waals surface area contributed by atoms with E-state index in [0.717, 1.165) is 30.9 Å². The summed E-state index contributed by atoms with van der Waals surface area (Å²) < 4.78 is 10.8. The first-order valence-electron chi connectivity index (χ1n) is 9.09. The van der Waals surface area contributed by atoms with E-state index in [4.69, 9.17) is 21.1 Å². The van der Waals surface area contributed by atoms with Crippen molar-refractivity contribution in [3.8, 4) is 11.5 Å². The zero-order chi connectivity index (χ0) is 19.9. The summed E-state index contributed by atoms with van der Waals surface area (Å²) >= 11 is 5.92. The molecule has 1 aliphatic heterocycles. The van der Waals surface area contributed by atoms with Crippen LogP contribution in [-0.2, 0) is 11.3 Å². The van der Waals surface area contributed by atoms with Gasteiger partial charge in [-0.15, -0.1) is 0 Å². The first-order valence-corrected chi connectivity index (χ1v) is 9.47. The summed E-state index contributed by atoms with van der Waals surface area (Å²) in [4.78, 5) is 27.4. The molecule has 0 N–H and O–H groups in total. The summed E-state index contributed by atoms with van der Waals surface area (Å²) in [6, 6.07) is 12.7. The normalized spacial score (nSPS) is 14.6. The topological polar surface area (TPSA) is 59.1 Å². The van der Waals surface area contributed by atoms with Gasteiger partial charge in [0.2, 0.25) is 0 Å². The summed E-state index contributed by atoms with van der Waals surface area (Å²) in [6.07, 6.45) is 0.737. The quantitative estimate of drug-likeness (QED) is 0.666. The number of ether oxygens (including phenoxy) is 2. The van der Waals surface area contributed by atoms with Crippen LogP contribution in [0.1, 0.15) is 15.9 Å². The molecule has 0 unspecified atom stereocenters. The number of carbonyl (C=O) groups excluding carboxylic acids is 2. The number of hydrogen-bond donors (Lipinski definition) is 0. The maximum Gasteiger partial charge on any atom is 0.260 e. The van der Waals surface area contributed by atoms with Crippen molar-refractivity contribution in [2.75, 3.05) is 39.9 Å². The predicted molar refractivity (Wildman–Crippen MR) is 107 cm³/mol. The molecule has 2 aromatic rings. The number of benzene rings is 2. The molecule has 1 heterocycles. The molecule has 0 bridgehead atoms. The number of aldehydes is 1. The van der Waals surface area contributed by atoms with Crippen molar-refractivity contribution >= 4 is 23.8 Å². The molecule has 6 nitrogen and oxygen atoms in total. The molecular formula is C21H23ClN2O4. The average Bonchev–Trinajstić information content (AvgIpc) is 2.74. The van der Waals surface area contributed by atoms with Gasteiger partial charge in [-0.1, -0.05) is 23.7 Å². The maximum absolute atomic E-state index is 12.5. The smallest absolute Gasteiger partial charge is 0.260 e. The van der Waals surface area contributed by atoms with Crippen molar-refractivity contribution in [3.63, 3.8) is 0 Å². The fourth-order valence-corrected chi connectivity index (χ4v) is 3.24. The predicted octanol–water partition coefficient (Wildman–Crippen LogP) is 2.88. The zero-order valence-electron chi connectivity index (χ0n) is 15.8. The van der Waals surface area contributed by atoms with Crippen LogP contribution in [0.2, 0.25) is 5.02 Å². The molecule has 1 fully saturated rings. The van der Waals surface area contributed by atoms with Crippen LogP contribution in [0.4, 0.5) is 0 Å². The lowest BCUT2D eigenvalue weighted by Crippen LogP contribution is -2.49. The molecule has 3 rings (SSSR count). The first kappa shape index (κ1) is 20.2. The number of nitrogens with zero attached hydrogens (tertiary/aromatic N) is 2. The van der Waals surface area contributed by atoms with Crippen LogP contribution in [-0.4, -0.2) is 61.9 Å². The summed E-state index contributed by atoms with van der Waals surface area (Å²) in [6.45, 7) is 3.73. The highest BCUT2D eigenvalue weighted by atomic mass is 35.5. The number of piperazine rings is 1. The lowest BCUT2D eigenvalue weighted by atomic mass is 10.2. The summed E-state index contributed by atoms with van der Waals surface area (Å²) in [5, 5.41) is 0.733. The third-order valence-electron chi connectivity index (χ3n) is 4.72. The fourth-order valence-electron chi connectivity index (χ4n) is 3.11. The van der Waals surface area contributed by atoms with Gasteiger partial charge < -0.3 is 14.4 Å². The van der Waals surface area contributed by atoms with Crippen molar-refractivity contribution in [3.05, 3.63) is 58.6 Å². The van der Waals surface area contributed by atoms with Gasteiger partial charge in [-0.2, -0.15) is 0 Å². The van der Waals surface area contributed by atoms with Crippen LogP contribution >= 0.6 is 11.6 Å². The van der Waals surface area contributed by atoms with Gasteiger partial charge in [0.15, 0.2) is 18.1 Å². The van der Waals surface area contributed by atoms with E-state index in [-0.39, 0.29) is 12.5 Å². The van der Waals surface area contributed by atoms with Crippen molar-refractivity contribution < 1.29 is 19.1 Å². The van der Waals surface area contributed by atoms with Gasteiger partial charge in [-0.3, -0.25) is 14.5 Å². The van der Waals surface area contributed by atoms with Crippen molar-refractivity contribution in [2.24, 2.45) is 0 Å². The highest BCUT2D eigenvalue weighted by Crippen LogP contribution is 2.27. The molecule has 0 aromatic heterocycles. The minimum Gasteiger partial charge on any atom is -0.493 e. The van der Waals surface area contributed by atoms with Crippen molar-refractivity contribution in [2.45, 2.75) is 6.54 Å². The highest BCUT2D eigenvalue weighted by Gasteiger charge is 2.22. The minimum atomic E-state index is -0.0624. The molecule has 7 heteroatoms. The van der Waals surface area contributed by atoms with Gasteiger partial charge in [0, 0.05) is 43.3 Å². The van der Waals surface area contributed by atoms with Crippen LogP contribution in [0.15, 0.2) is 42.5 Å². The SMILES string of the molecule is COc1cc(C=O)ccc1OCC(=O)N1CCN(Cc2ccc(Cl)cc2)CC1. The van der Waals surface area contributed by atoms with Crippen LogP contribution in [0, 0.1) is 0 Å². The third kappa shape index (κ3) is 5.24. The van der Waals surface area contributed by atoms with E-state index in [0.29, 0.717) is 30.2 Å². The van der Waals surface area contributed by atoms with E-state index in [2.05, 4.69) is 4.90 Å². The largest absolute Gasteiger partial charge is 0.493 e. The van der Waals surface area contributed by atoms with E-state index >= 15 is 0 Å². The fraction of sp³-hybridized carbons (Fsp3) is 0.333. The molecule has 1 amide bonds. The number of rotatable bonds is 7. The van der Waals surface area contributed by atoms with Gasteiger partial charge >= 0.3 is 0 Å². The Morgan fingerprint density at radius 3 is 2.43 bits per heavy atom. The Morgan fingerprint density at radius 2 is 1.79 bits per heavy atom. The highest BCUT2D eigenvalue weighted by molar-refractivity contribution is 6.30. The number of halogens is 1. The van der Waals surface area contributed by atoms with Gasteiger partial charge in [0.05, 0.1) is 7.11 Å². The van der Waals surface area contributed by atoms with E-state index in [1.807, 2.05) is 29.2 Å². The lowest BCUT2D eigenvalue weighted by molar-refractivity contribution is -0.135. The Hall–Kier alpha value is -2.57. The molecule has 0 radical (unpaired) electrons. The summed E-state index contributed by atoms with van der Waals surface area (Å²) in [5.74, 6) is 0.820. The van der Waals surface area contributed by atoms with Crippen molar-refractivity contribution in [1.82, 2.24) is 9.80 Å². The Labute approximate surface area is 169 Å². The first-order chi connectivity index (χ1) is 13.6. The molecule has 28 heavy (non-hydrogen) atoms. The van der Waals surface area contributed by atoms with Crippen molar-refractivity contribution in [1.29, 1.82) is 0 Å². The Balaban J connectivity index is 1.47. The van der Waals surface area contributed by atoms with Gasteiger partial charge in [-0.05, 0) is 35.9 Å². The van der Waals surface area contributed by atoms with Crippen LogP contribution < -0.4 is 9.47 Å². The molecule has 1 aliphatic rings. The molecule has 2 aromatic carbocycles. The number of hydrogen-bond acceptors (Lipinski definition) is 5. The Bertz CT molecular complexity index is 818. The molecule has 1 saturated heterocycles. The molecular weight excluding hydrogens is 380 g/mol. The average molecular weight is 403 g/mol. The molecule has 0 spiro atoms. The summed E-state index contributed by atoms with van der Waals surface area (Å²) in [5.41, 5.74) is 1.70. The number of amides is 1. The Morgan fingerprint density at radius 1 is 1.07 bits per heavy atom. The van der Waals surface area contributed by atoms with E-state index < -0.39 is 0 Å². The van der Waals surface area contributed by atoms with E-state index in [9.17, 15) is 9.59 Å². The molecule has 0 aliphatic carbocycles. The zero-order valence-corrected chi connectivity index (χ0v) is 16.5. The van der Waals surface area contributed by atoms with Crippen LogP contribution in [0.3, 0.4) is 0 Å². The monoisotopic (exact) mass is 402 g/mol. The van der Waals surface area contributed by atoms with Gasteiger partial charge in [-0.25, -0.2) is 0 Å². The van der Waals surface area contributed by atoms with Gasteiger partial charge in [0.25, 0.3) is 5.91 Å². The Kier molecular flexibility index (Phi) is 6.90. The lowest BCUT2D eigenvalue weighted by Gasteiger charge is -2.34. The van der Waals surface area contributed by atoms with Gasteiger partial charge in [0.1, 0.15) is 6.29 Å². The second-order valence-electron chi connectivity index (χ2n) is 6.60. The maximum atomic E-state index is 12.5. The number of carbonyl (C=O) groups is 2. The standard InChI is InChI=1S/C21H23ClN2O4/c1-27-20-12-17(14-25)4-7-19(20)28-15-21(26)24-10-8-23(9-11-24)13-16-2-5-18(22)6-3-16/h2-7,12,14H,8-11,13,15H2,1H3.